The molecule has 16 nitrogen and oxygen atoms in total. The molecule has 0 bridgehead atoms. The molecule has 0 unspecified atom stereocenters. The van der Waals surface area contributed by atoms with E-state index in [0.29, 0.717) is 45.0 Å². The minimum Gasteiger partial charge on any atom is -0.381 e. The number of nitrogens with one attached hydrogen (secondary N) is 1. The van der Waals surface area contributed by atoms with Crippen molar-refractivity contribution in [2.75, 3.05) is 147 Å². The summed E-state index contributed by atoms with van der Waals surface area (Å²) < 4.78 is 0. The largest absolute Gasteiger partial charge is 0.381 e. The Kier molecular flexibility index (Phi) is 28.7. The van der Waals surface area contributed by atoms with Crippen molar-refractivity contribution < 1.29 is 0 Å². The zero-order chi connectivity index (χ0) is 60.4. The van der Waals surface area contributed by atoms with Crippen LogP contribution in [0.1, 0.15) is 178 Å². The summed E-state index contributed by atoms with van der Waals surface area (Å²) >= 11 is 0. The molecule has 0 aromatic heterocycles. The van der Waals surface area contributed by atoms with Gasteiger partial charge in [-0.3, -0.25) is 38.4 Å². The quantitative estimate of drug-likeness (QED) is 0.0501. The van der Waals surface area contributed by atoms with Gasteiger partial charge in [0.1, 0.15) is 0 Å². The van der Waals surface area contributed by atoms with Gasteiger partial charge in [0.15, 0.2) is 0 Å². The number of nitrogens with zero attached hydrogens (tertiary/aromatic N) is 7. The fraction of sp³-hybridized carbons (Fsp3) is 0.742. The summed E-state index contributed by atoms with van der Waals surface area (Å²) in [6, 6.07) is 0. The van der Waals surface area contributed by atoms with E-state index in [9.17, 15) is 38.4 Å². The van der Waals surface area contributed by atoms with Crippen LogP contribution in [-0.4, -0.2) is 147 Å². The SMILES string of the molecule is CCCN(CCC)CCCNc1c(C(C)(C)C)c(=O)c1=O.CCN(C)CCCN(C)c1c(C(C)(C)C)c(=O)c1=O.CCN(CC)CCCN(C)c1c(C(C)(C)C)c(=O)c1=O.CN(C)CCCN(C)c1c(C(C)(C)C)c(=O)c1=O. The Balaban J connectivity index is 0.000000521. The Labute approximate surface area is 469 Å². The number of hydrogen-bond acceptors (Lipinski definition) is 16. The van der Waals surface area contributed by atoms with Crippen molar-refractivity contribution in [2.45, 2.75) is 178 Å². The van der Waals surface area contributed by atoms with Crippen molar-refractivity contribution >= 4 is 22.7 Å². The predicted molar refractivity (Wildman–Crippen MR) is 334 cm³/mol. The molecule has 0 heterocycles. The smallest absolute Gasteiger partial charge is 0.249 e. The van der Waals surface area contributed by atoms with Crippen LogP contribution in [0.3, 0.4) is 0 Å². The third kappa shape index (κ3) is 20.2. The Bertz CT molecular complexity index is 2720. The number of hydrogen-bond donors (Lipinski definition) is 1. The van der Waals surface area contributed by atoms with Gasteiger partial charge in [0, 0.05) is 69.6 Å². The highest BCUT2D eigenvalue weighted by Crippen LogP contribution is 2.30. The minimum atomic E-state index is -0.348. The fourth-order valence-electron chi connectivity index (χ4n) is 9.85. The summed E-state index contributed by atoms with van der Waals surface area (Å²) in [6.45, 7) is 47.1. The molecule has 0 fully saturated rings. The summed E-state index contributed by atoms with van der Waals surface area (Å²) in [5, 5.41) is 3.18. The van der Waals surface area contributed by atoms with Crippen LogP contribution in [0.2, 0.25) is 0 Å². The molecule has 0 amide bonds. The maximum atomic E-state index is 11.8. The van der Waals surface area contributed by atoms with Crippen LogP contribution in [0, 0.1) is 0 Å². The highest BCUT2D eigenvalue weighted by molar-refractivity contribution is 5.63. The van der Waals surface area contributed by atoms with Gasteiger partial charge in [-0.15, -0.1) is 0 Å². The van der Waals surface area contributed by atoms with E-state index in [2.05, 4.69) is 66.6 Å². The lowest BCUT2D eigenvalue weighted by atomic mass is 9.82. The average Bonchev–Trinajstić information content (AvgIpc) is 3.33. The van der Waals surface area contributed by atoms with Crippen LogP contribution in [-0.2, 0) is 21.7 Å². The average molecular weight is 1090 g/mol. The molecule has 0 spiro atoms. The van der Waals surface area contributed by atoms with Gasteiger partial charge in [0.2, 0.25) is 43.4 Å². The molecule has 0 atom stereocenters. The number of anilines is 4. The Morgan fingerprint density at radius 1 is 0.333 bits per heavy atom. The second-order valence-corrected chi connectivity index (χ2v) is 25.7. The molecule has 16 heteroatoms. The van der Waals surface area contributed by atoms with Gasteiger partial charge in [-0.2, -0.15) is 0 Å². The second-order valence-electron chi connectivity index (χ2n) is 25.7. The molecule has 0 saturated carbocycles. The van der Waals surface area contributed by atoms with Crippen molar-refractivity contribution in [1.82, 2.24) is 19.6 Å². The molecule has 4 aromatic rings. The van der Waals surface area contributed by atoms with Gasteiger partial charge in [0.05, 0.1) is 22.7 Å². The van der Waals surface area contributed by atoms with E-state index in [4.69, 9.17) is 0 Å². The van der Waals surface area contributed by atoms with E-state index in [1.807, 2.05) is 133 Å². The third-order valence-corrected chi connectivity index (χ3v) is 14.3. The van der Waals surface area contributed by atoms with Gasteiger partial charge >= 0.3 is 0 Å². The zero-order valence-corrected chi connectivity index (χ0v) is 53.3. The van der Waals surface area contributed by atoms with Gasteiger partial charge in [-0.25, -0.2) is 0 Å². The molecule has 444 valence electrons. The third-order valence-electron chi connectivity index (χ3n) is 14.3. The molecule has 1 N–H and O–H groups in total. The molecule has 0 aliphatic carbocycles. The van der Waals surface area contributed by atoms with E-state index in [1.54, 1.807) is 0 Å². The monoisotopic (exact) mass is 1090 g/mol. The fourth-order valence-corrected chi connectivity index (χ4v) is 9.85. The first-order chi connectivity index (χ1) is 35.9. The van der Waals surface area contributed by atoms with Crippen LogP contribution < -0.4 is 63.4 Å². The molecule has 0 aliphatic rings. The summed E-state index contributed by atoms with van der Waals surface area (Å²) in [6.07, 6.45) is 6.29. The lowest BCUT2D eigenvalue weighted by Gasteiger charge is -2.30. The zero-order valence-electron chi connectivity index (χ0n) is 53.3. The molecule has 0 radical (unpaired) electrons. The van der Waals surface area contributed by atoms with E-state index in [-0.39, 0.29) is 65.1 Å². The van der Waals surface area contributed by atoms with Crippen molar-refractivity contribution in [3.63, 3.8) is 0 Å². The van der Waals surface area contributed by atoms with Crippen LogP contribution >= 0.6 is 0 Å². The van der Waals surface area contributed by atoms with Crippen molar-refractivity contribution in [3.8, 4) is 0 Å². The molecular weight excluding hydrogens is 985 g/mol. The van der Waals surface area contributed by atoms with Crippen molar-refractivity contribution in [3.05, 3.63) is 104 Å². The summed E-state index contributed by atoms with van der Waals surface area (Å²) in [5.74, 6) is 0. The molecule has 0 aliphatic heterocycles. The predicted octanol–water partition coefficient (Wildman–Crippen LogP) is 6.58. The first-order valence-corrected chi connectivity index (χ1v) is 28.9. The number of rotatable bonds is 27. The van der Waals surface area contributed by atoms with E-state index < -0.39 is 0 Å². The van der Waals surface area contributed by atoms with Gasteiger partial charge in [-0.1, -0.05) is 118 Å². The Morgan fingerprint density at radius 3 is 0.962 bits per heavy atom. The lowest BCUT2D eigenvalue weighted by Crippen LogP contribution is -2.47. The van der Waals surface area contributed by atoms with E-state index in [1.165, 1.54) is 12.8 Å². The summed E-state index contributed by atoms with van der Waals surface area (Å²) in [5.41, 5.74) is 1.55. The van der Waals surface area contributed by atoms with E-state index >= 15 is 0 Å². The minimum absolute atomic E-state index is 0.254. The first kappa shape index (κ1) is 71.4. The lowest BCUT2D eigenvalue weighted by molar-refractivity contribution is 0.274. The van der Waals surface area contributed by atoms with Crippen molar-refractivity contribution in [2.24, 2.45) is 0 Å². The molecular formula is C62H108N8O8. The van der Waals surface area contributed by atoms with Gasteiger partial charge in [-0.05, 0) is 140 Å². The van der Waals surface area contributed by atoms with Crippen LogP contribution in [0.4, 0.5) is 22.7 Å². The molecule has 4 aromatic carbocycles. The van der Waals surface area contributed by atoms with Gasteiger partial charge in [0.25, 0.3) is 0 Å². The summed E-state index contributed by atoms with van der Waals surface area (Å²) in [7, 11) is 11.8. The Morgan fingerprint density at radius 2 is 0.654 bits per heavy atom. The molecule has 78 heavy (non-hydrogen) atoms. The first-order valence-electron chi connectivity index (χ1n) is 28.9. The van der Waals surface area contributed by atoms with Crippen molar-refractivity contribution in [1.29, 1.82) is 0 Å². The molecule has 0 saturated heterocycles. The standard InChI is InChI=1S/C17H30N2O2.C16H28N2O2.C15H26N2O2.C14H24N2O2/c1-6-10-19(11-7-2)12-8-9-18-14-13(17(3,4)5)15(20)16(14)21;1-7-18(8-2)11-9-10-17(6)13-12(16(3,4)5)14(19)15(13)20;1-7-16(5)9-8-10-17(6)12-11(15(2,3)4)13(18)14(12)19;1-14(2,3)10-11(13(18)12(10)17)16(6)9-7-8-15(4)5/h18H,6-12H2,1-5H3;7-11H2,1-6H3;7-10H2,1-6H3;7-9H2,1-6H3. The second kappa shape index (κ2) is 31.4. The van der Waals surface area contributed by atoms with Gasteiger partial charge < -0.3 is 39.6 Å². The van der Waals surface area contributed by atoms with Crippen LogP contribution in [0.15, 0.2) is 38.4 Å². The normalized spacial score (nSPS) is 12.3. The maximum Gasteiger partial charge on any atom is 0.249 e. The molecule has 4 rings (SSSR count). The van der Waals surface area contributed by atoms with Crippen LogP contribution in [0.5, 0.6) is 0 Å². The van der Waals surface area contributed by atoms with Crippen LogP contribution in [0.25, 0.3) is 0 Å². The highest BCUT2D eigenvalue weighted by Gasteiger charge is 2.35. The summed E-state index contributed by atoms with van der Waals surface area (Å²) in [4.78, 5) is 109. The maximum absolute atomic E-state index is 11.8. The topological polar surface area (TPSA) is 171 Å². The Hall–Kier alpha value is -4.64. The van der Waals surface area contributed by atoms with E-state index in [0.717, 1.165) is 111 Å². The highest BCUT2D eigenvalue weighted by atomic mass is 16.2.